The smallest absolute Gasteiger partial charge is 0.319 e. The van der Waals surface area contributed by atoms with Crippen molar-refractivity contribution in [1.29, 1.82) is 0 Å². The van der Waals surface area contributed by atoms with Gasteiger partial charge in [0.25, 0.3) is 0 Å². The Hall–Kier alpha value is -3.20. The lowest BCUT2D eigenvalue weighted by molar-refractivity contribution is 0.107. The minimum absolute atomic E-state index is 0.00427. The van der Waals surface area contributed by atoms with Crippen LogP contribution in [0.15, 0.2) is 36.4 Å². The van der Waals surface area contributed by atoms with Crippen LogP contribution < -0.4 is 20.7 Å². The molecule has 4 aliphatic heterocycles. The number of halogens is 2. The van der Waals surface area contributed by atoms with Gasteiger partial charge in [-0.25, -0.2) is 4.39 Å². The van der Waals surface area contributed by atoms with Crippen LogP contribution in [0.4, 0.5) is 15.9 Å². The number of aryl methyl sites for hydroxylation is 1. The standard InChI is InChI=1S/C36H42ClFN6O/c1-3-22-6-4-7-23-14-24(39)15-27(30(22)23)31-29(37)16-28-33(32(31)38)41-35(45-20-36-11-5-12-44(36)18-21(2)17-36)42-34(28)43-13-10-25-8-9-26(19-43)40-25/h4,6-7,14-16,21,25-26,40H,3,5,8-13,17-20,39H2,1-2H3/t21-,25-,26+,36+/m1/s1. The number of nitrogens with two attached hydrogens (primary N) is 1. The highest BCUT2D eigenvalue weighted by molar-refractivity contribution is 6.35. The summed E-state index contributed by atoms with van der Waals surface area (Å²) in [6, 6.07) is 12.9. The monoisotopic (exact) mass is 628 g/mol. The second kappa shape index (κ2) is 11.2. The van der Waals surface area contributed by atoms with E-state index in [0.717, 1.165) is 74.6 Å². The summed E-state index contributed by atoms with van der Waals surface area (Å²) in [5.74, 6) is 0.864. The molecule has 4 fully saturated rings. The molecular formula is C36H42ClFN6O. The lowest BCUT2D eigenvalue weighted by Crippen LogP contribution is -2.43. The number of rotatable bonds is 6. The number of fused-ring (bicyclic) bond motifs is 5. The first-order valence-electron chi connectivity index (χ1n) is 16.7. The Labute approximate surface area is 269 Å². The Morgan fingerprint density at radius 1 is 1.11 bits per heavy atom. The average Bonchev–Trinajstić information content (AvgIpc) is 3.66. The number of nitrogens with one attached hydrogen (secondary N) is 1. The van der Waals surface area contributed by atoms with Crippen molar-refractivity contribution >= 4 is 44.8 Å². The van der Waals surface area contributed by atoms with Gasteiger partial charge in [-0.05, 0) is 97.5 Å². The van der Waals surface area contributed by atoms with Crippen LogP contribution in [0.25, 0.3) is 32.8 Å². The molecule has 0 aliphatic carbocycles. The number of hydrogen-bond acceptors (Lipinski definition) is 7. The van der Waals surface area contributed by atoms with Gasteiger partial charge in [-0.3, -0.25) is 4.90 Å². The Morgan fingerprint density at radius 2 is 1.98 bits per heavy atom. The molecule has 5 heterocycles. The van der Waals surface area contributed by atoms with E-state index < -0.39 is 5.82 Å². The molecule has 8 rings (SSSR count). The van der Waals surface area contributed by atoms with Crippen molar-refractivity contribution in [3.63, 3.8) is 0 Å². The second-order valence-corrected chi connectivity index (χ2v) is 14.4. The van der Waals surface area contributed by atoms with Crippen LogP contribution in [0.5, 0.6) is 6.01 Å². The lowest BCUT2D eigenvalue weighted by atomic mass is 9.91. The molecule has 3 N–H and O–H groups in total. The number of aromatic nitrogens is 2. The molecule has 0 amide bonds. The Bertz CT molecular complexity index is 1800. The maximum Gasteiger partial charge on any atom is 0.319 e. The molecule has 0 radical (unpaired) electrons. The van der Waals surface area contributed by atoms with Crippen LogP contribution in [0, 0.1) is 11.7 Å². The van der Waals surface area contributed by atoms with Crippen molar-refractivity contribution in [2.24, 2.45) is 5.92 Å². The first-order valence-corrected chi connectivity index (χ1v) is 17.1. The predicted octanol–water partition coefficient (Wildman–Crippen LogP) is 6.97. The van der Waals surface area contributed by atoms with Crippen molar-refractivity contribution < 1.29 is 9.13 Å². The maximum atomic E-state index is 17.2. The summed E-state index contributed by atoms with van der Waals surface area (Å²) in [7, 11) is 0. The summed E-state index contributed by atoms with van der Waals surface area (Å²) in [6.07, 6.45) is 7.52. The molecular weight excluding hydrogens is 587 g/mol. The molecule has 4 aromatic rings. The van der Waals surface area contributed by atoms with Gasteiger partial charge in [0.15, 0.2) is 5.82 Å². The zero-order valence-corrected chi connectivity index (χ0v) is 27.0. The molecule has 236 valence electrons. The number of ether oxygens (including phenoxy) is 1. The third kappa shape index (κ3) is 5.00. The van der Waals surface area contributed by atoms with E-state index in [0.29, 0.717) is 57.6 Å². The van der Waals surface area contributed by atoms with Gasteiger partial charge in [-0.1, -0.05) is 43.6 Å². The van der Waals surface area contributed by atoms with Crippen LogP contribution in [0.1, 0.15) is 57.9 Å². The average molecular weight is 629 g/mol. The molecule has 45 heavy (non-hydrogen) atoms. The minimum atomic E-state index is -0.464. The Balaban J connectivity index is 1.29. The van der Waals surface area contributed by atoms with Crippen molar-refractivity contribution in [1.82, 2.24) is 20.2 Å². The van der Waals surface area contributed by atoms with Gasteiger partial charge in [0, 0.05) is 48.4 Å². The van der Waals surface area contributed by atoms with E-state index in [4.69, 9.17) is 32.0 Å². The quantitative estimate of drug-likeness (QED) is 0.223. The third-order valence-corrected chi connectivity index (χ3v) is 11.2. The summed E-state index contributed by atoms with van der Waals surface area (Å²) < 4.78 is 23.7. The molecule has 0 spiro atoms. The Kier molecular flexibility index (Phi) is 7.30. The molecule has 7 nitrogen and oxygen atoms in total. The van der Waals surface area contributed by atoms with E-state index in [9.17, 15) is 0 Å². The third-order valence-electron chi connectivity index (χ3n) is 10.9. The highest BCUT2D eigenvalue weighted by atomic mass is 35.5. The zero-order valence-electron chi connectivity index (χ0n) is 26.2. The van der Waals surface area contributed by atoms with Crippen molar-refractivity contribution in [3.05, 3.63) is 52.8 Å². The van der Waals surface area contributed by atoms with Gasteiger partial charge >= 0.3 is 6.01 Å². The van der Waals surface area contributed by atoms with Crippen LogP contribution >= 0.6 is 11.6 Å². The first kappa shape index (κ1) is 29.2. The number of benzene rings is 3. The molecule has 1 aromatic heterocycles. The molecule has 0 unspecified atom stereocenters. The molecule has 2 bridgehead atoms. The van der Waals surface area contributed by atoms with Gasteiger partial charge in [-0.2, -0.15) is 9.97 Å². The van der Waals surface area contributed by atoms with E-state index in [2.05, 4.69) is 35.0 Å². The topological polar surface area (TPSA) is 79.5 Å². The summed E-state index contributed by atoms with van der Waals surface area (Å²) in [5, 5.41) is 6.63. The van der Waals surface area contributed by atoms with E-state index in [1.165, 1.54) is 12.8 Å². The summed E-state index contributed by atoms with van der Waals surface area (Å²) >= 11 is 7.05. The van der Waals surface area contributed by atoms with Gasteiger partial charge in [0.2, 0.25) is 0 Å². The van der Waals surface area contributed by atoms with E-state index in [1.54, 1.807) is 0 Å². The van der Waals surface area contributed by atoms with Gasteiger partial charge < -0.3 is 20.7 Å². The van der Waals surface area contributed by atoms with Crippen LogP contribution in [-0.2, 0) is 6.42 Å². The second-order valence-electron chi connectivity index (χ2n) is 14.0. The normalized spacial score (nSPS) is 26.6. The Morgan fingerprint density at radius 3 is 2.84 bits per heavy atom. The van der Waals surface area contributed by atoms with E-state index in [-0.39, 0.29) is 17.1 Å². The fourth-order valence-electron chi connectivity index (χ4n) is 8.89. The molecule has 0 saturated carbocycles. The number of nitrogens with zero attached hydrogens (tertiary/aromatic N) is 4. The summed E-state index contributed by atoms with van der Waals surface area (Å²) in [5.41, 5.74) is 9.30. The molecule has 4 aliphatic rings. The van der Waals surface area contributed by atoms with Gasteiger partial charge in [0.05, 0.1) is 10.6 Å². The van der Waals surface area contributed by atoms with Crippen LogP contribution in [0.3, 0.4) is 0 Å². The highest BCUT2D eigenvalue weighted by Crippen LogP contribution is 2.44. The molecule has 4 saturated heterocycles. The zero-order chi connectivity index (χ0) is 30.9. The van der Waals surface area contributed by atoms with Gasteiger partial charge in [-0.15, -0.1) is 0 Å². The fraction of sp³-hybridized carbons (Fsp3) is 0.500. The first-order chi connectivity index (χ1) is 21.8. The van der Waals surface area contributed by atoms with Crippen LogP contribution in [-0.4, -0.2) is 65.3 Å². The van der Waals surface area contributed by atoms with Crippen LogP contribution in [0.2, 0.25) is 5.02 Å². The number of anilines is 2. The highest BCUT2D eigenvalue weighted by Gasteiger charge is 2.48. The molecule has 9 heteroatoms. The predicted molar refractivity (Wildman–Crippen MR) is 181 cm³/mol. The largest absolute Gasteiger partial charge is 0.461 e. The van der Waals surface area contributed by atoms with E-state index >= 15 is 4.39 Å². The minimum Gasteiger partial charge on any atom is -0.461 e. The number of hydrogen-bond donors (Lipinski definition) is 2. The molecule has 4 atom stereocenters. The summed E-state index contributed by atoms with van der Waals surface area (Å²) in [6.45, 7) is 8.77. The molecule has 3 aromatic carbocycles. The van der Waals surface area contributed by atoms with Crippen molar-refractivity contribution in [2.75, 3.05) is 43.4 Å². The van der Waals surface area contributed by atoms with Crippen molar-refractivity contribution in [2.45, 2.75) is 76.4 Å². The van der Waals surface area contributed by atoms with Crippen molar-refractivity contribution in [3.8, 4) is 17.1 Å². The lowest BCUT2D eigenvalue weighted by Gasteiger charge is -2.31. The number of nitrogen functional groups attached to an aromatic ring is 1. The SMILES string of the molecule is CCc1cccc2cc(N)cc(-c3c(Cl)cc4c(N5CC[C@H]6CC[C@@H](C5)N6)nc(OC[C@@]56CCCN5C[C@H](C)C6)nc4c3F)c12. The maximum absolute atomic E-state index is 17.2. The van der Waals surface area contributed by atoms with Gasteiger partial charge in [0.1, 0.15) is 17.9 Å². The van der Waals surface area contributed by atoms with E-state index in [1.807, 2.05) is 30.3 Å². The summed E-state index contributed by atoms with van der Waals surface area (Å²) in [4.78, 5) is 14.7. The fourth-order valence-corrected chi connectivity index (χ4v) is 9.18.